The standard InChI is InChI=1S/C38H29ClI2N2O6S/c1-3-47-36(45)26-12-10-22(11-13-26)21-49-34-28(40)18-23(19-29(34)41)20-30-35(44)43-33(25-14-16-27(39)17-15-25)31(37(46)48-4-2)32(42-38(43)50-30)24-8-6-5-7-9-24/h5-20,33H,3-4,21H2,1-2H3/b30-20-/t33-/m1/s1. The zero-order valence-electron chi connectivity index (χ0n) is 26.8. The zero-order valence-corrected chi connectivity index (χ0v) is 32.7. The molecule has 0 spiro atoms. The summed E-state index contributed by atoms with van der Waals surface area (Å²) in [7, 11) is 0. The molecule has 1 aliphatic heterocycles. The van der Waals surface area contributed by atoms with E-state index >= 15 is 0 Å². The maximum Gasteiger partial charge on any atom is 0.338 e. The highest BCUT2D eigenvalue weighted by molar-refractivity contribution is 14.1. The number of carbonyl (C=O) groups excluding carboxylic acids is 2. The van der Waals surface area contributed by atoms with Crippen LogP contribution < -0.4 is 19.6 Å². The van der Waals surface area contributed by atoms with E-state index in [-0.39, 0.29) is 23.7 Å². The number of ether oxygens (including phenoxy) is 3. The van der Waals surface area contributed by atoms with Crippen molar-refractivity contribution in [3.8, 4) is 5.75 Å². The van der Waals surface area contributed by atoms with Crippen molar-refractivity contribution in [2.75, 3.05) is 13.2 Å². The van der Waals surface area contributed by atoms with E-state index in [1.165, 1.54) is 11.3 Å². The van der Waals surface area contributed by atoms with E-state index in [1.54, 1.807) is 42.7 Å². The number of rotatable bonds is 10. The van der Waals surface area contributed by atoms with Gasteiger partial charge in [0.25, 0.3) is 5.56 Å². The number of hydrogen-bond donors (Lipinski definition) is 0. The fraction of sp³-hybridized carbons (Fsp3) is 0.158. The molecule has 0 amide bonds. The summed E-state index contributed by atoms with van der Waals surface area (Å²) in [6.45, 7) is 4.32. The molecule has 0 fully saturated rings. The SMILES string of the molecule is CCOC(=O)C1=C(c2ccccc2)N=c2s/c(=C\c3cc(I)c(OCc4ccc(C(=O)OCC)cc4)c(I)c3)c(=O)n2[C@@H]1c1ccc(Cl)cc1. The van der Waals surface area contributed by atoms with Gasteiger partial charge in [-0.15, -0.1) is 0 Å². The molecule has 1 atom stereocenters. The molecule has 1 aliphatic rings. The van der Waals surface area contributed by atoms with Crippen molar-refractivity contribution >= 4 is 91.8 Å². The van der Waals surface area contributed by atoms with Crippen LogP contribution in [0.5, 0.6) is 5.75 Å². The summed E-state index contributed by atoms with van der Waals surface area (Å²) in [6.07, 6.45) is 1.83. The Hall–Kier alpha value is -3.79. The average molecular weight is 931 g/mol. The van der Waals surface area contributed by atoms with Crippen LogP contribution in [0.15, 0.2) is 106 Å². The number of thiazole rings is 1. The number of benzene rings is 4. The highest BCUT2D eigenvalue weighted by Gasteiger charge is 2.35. The van der Waals surface area contributed by atoms with E-state index in [4.69, 9.17) is 30.8 Å². The third kappa shape index (κ3) is 7.75. The number of carbonyl (C=O) groups is 2. The Morgan fingerprint density at radius 1 is 0.900 bits per heavy atom. The van der Waals surface area contributed by atoms with E-state index < -0.39 is 12.0 Å². The van der Waals surface area contributed by atoms with Crippen molar-refractivity contribution in [3.05, 3.63) is 156 Å². The predicted octanol–water partition coefficient (Wildman–Crippen LogP) is 7.55. The van der Waals surface area contributed by atoms with Crippen LogP contribution in [-0.2, 0) is 20.9 Å². The molecule has 0 saturated carbocycles. The molecule has 0 bridgehead atoms. The number of hydrogen-bond acceptors (Lipinski definition) is 8. The van der Waals surface area contributed by atoms with Gasteiger partial charge in [0.05, 0.1) is 47.8 Å². The van der Waals surface area contributed by atoms with Crippen LogP contribution in [0.1, 0.15) is 52.5 Å². The van der Waals surface area contributed by atoms with Crippen LogP contribution in [0.3, 0.4) is 0 Å². The summed E-state index contributed by atoms with van der Waals surface area (Å²) in [6, 6.07) is 26.8. The summed E-state index contributed by atoms with van der Waals surface area (Å²) < 4.78 is 20.6. The molecule has 12 heteroatoms. The lowest BCUT2D eigenvalue weighted by atomic mass is 9.93. The zero-order chi connectivity index (χ0) is 35.4. The fourth-order valence-electron chi connectivity index (χ4n) is 5.46. The second-order valence-corrected chi connectivity index (χ2v) is 14.8. The van der Waals surface area contributed by atoms with E-state index in [2.05, 4.69) is 45.2 Å². The summed E-state index contributed by atoms with van der Waals surface area (Å²) in [5, 5.41) is 0.537. The number of nitrogens with zero attached hydrogens (tertiary/aromatic N) is 2. The molecular weight excluding hydrogens is 902 g/mol. The molecule has 4 aromatic carbocycles. The number of fused-ring (bicyclic) bond motifs is 1. The van der Waals surface area contributed by atoms with Gasteiger partial charge in [0.2, 0.25) is 0 Å². The van der Waals surface area contributed by atoms with Gasteiger partial charge in [-0.1, -0.05) is 77.5 Å². The lowest BCUT2D eigenvalue weighted by Crippen LogP contribution is -2.40. The quantitative estimate of drug-likeness (QED) is 0.106. The van der Waals surface area contributed by atoms with Crippen LogP contribution in [0.4, 0.5) is 0 Å². The van der Waals surface area contributed by atoms with Crippen LogP contribution >= 0.6 is 68.1 Å². The molecule has 50 heavy (non-hydrogen) atoms. The van der Waals surface area contributed by atoms with Crippen LogP contribution in [0.2, 0.25) is 5.02 Å². The van der Waals surface area contributed by atoms with Gasteiger partial charge < -0.3 is 14.2 Å². The molecule has 0 radical (unpaired) electrons. The number of aromatic nitrogens is 1. The third-order valence-corrected chi connectivity index (χ3v) is 10.6. The van der Waals surface area contributed by atoms with Crippen molar-refractivity contribution in [1.29, 1.82) is 0 Å². The topological polar surface area (TPSA) is 96.2 Å². The van der Waals surface area contributed by atoms with Crippen molar-refractivity contribution in [2.24, 2.45) is 4.99 Å². The Balaban J connectivity index is 1.39. The fourth-order valence-corrected chi connectivity index (χ4v) is 8.71. The van der Waals surface area contributed by atoms with Crippen LogP contribution in [0, 0.1) is 7.14 Å². The second kappa shape index (κ2) is 16.0. The molecule has 1 aromatic heterocycles. The van der Waals surface area contributed by atoms with Gasteiger partial charge in [0, 0.05) is 10.6 Å². The van der Waals surface area contributed by atoms with Crippen LogP contribution in [0.25, 0.3) is 11.8 Å². The second-order valence-electron chi connectivity index (χ2n) is 11.0. The molecular formula is C38H29ClI2N2O6S. The van der Waals surface area contributed by atoms with Gasteiger partial charge in [-0.2, -0.15) is 0 Å². The normalized spacial score (nSPS) is 14.2. The maximum atomic E-state index is 14.3. The molecule has 6 rings (SSSR count). The highest BCUT2D eigenvalue weighted by atomic mass is 127. The molecule has 0 saturated heterocycles. The summed E-state index contributed by atoms with van der Waals surface area (Å²) in [5.41, 5.74) is 4.10. The monoisotopic (exact) mass is 930 g/mol. The smallest absolute Gasteiger partial charge is 0.338 e. The largest absolute Gasteiger partial charge is 0.487 e. The van der Waals surface area contributed by atoms with E-state index in [0.717, 1.165) is 23.8 Å². The van der Waals surface area contributed by atoms with E-state index in [9.17, 15) is 14.4 Å². The maximum absolute atomic E-state index is 14.3. The van der Waals surface area contributed by atoms with Crippen molar-refractivity contribution < 1.29 is 23.8 Å². The lowest BCUT2D eigenvalue weighted by Gasteiger charge is -2.25. The Kier molecular flexibility index (Phi) is 11.6. The van der Waals surface area contributed by atoms with Crippen molar-refractivity contribution in [2.45, 2.75) is 26.5 Å². The highest BCUT2D eigenvalue weighted by Crippen LogP contribution is 2.36. The minimum atomic E-state index is -0.790. The van der Waals surface area contributed by atoms with E-state index in [1.807, 2.05) is 72.8 Å². The molecule has 254 valence electrons. The van der Waals surface area contributed by atoms with Gasteiger partial charge in [0.15, 0.2) is 4.80 Å². The van der Waals surface area contributed by atoms with Crippen LogP contribution in [-0.4, -0.2) is 29.7 Å². The minimum Gasteiger partial charge on any atom is -0.487 e. The Labute approximate surface area is 324 Å². The van der Waals surface area contributed by atoms with Crippen molar-refractivity contribution in [1.82, 2.24) is 4.57 Å². The minimum absolute atomic E-state index is 0.168. The summed E-state index contributed by atoms with van der Waals surface area (Å²) in [5.74, 6) is -0.184. The predicted molar refractivity (Wildman–Crippen MR) is 211 cm³/mol. The first kappa shape index (κ1) is 36.0. The first-order valence-electron chi connectivity index (χ1n) is 15.6. The number of halogens is 3. The van der Waals surface area contributed by atoms with Gasteiger partial charge in [-0.05, 0) is 118 Å². The van der Waals surface area contributed by atoms with Gasteiger partial charge in [-0.25, -0.2) is 14.6 Å². The lowest BCUT2D eigenvalue weighted by molar-refractivity contribution is -0.138. The molecule has 2 heterocycles. The summed E-state index contributed by atoms with van der Waals surface area (Å²) in [4.78, 5) is 45.3. The summed E-state index contributed by atoms with van der Waals surface area (Å²) >= 11 is 12.0. The molecule has 8 nitrogen and oxygen atoms in total. The molecule has 0 unspecified atom stereocenters. The van der Waals surface area contributed by atoms with Crippen molar-refractivity contribution in [3.63, 3.8) is 0 Å². The molecule has 0 aliphatic carbocycles. The third-order valence-electron chi connectivity index (χ3n) is 7.73. The van der Waals surface area contributed by atoms with Gasteiger partial charge in [-0.3, -0.25) is 9.36 Å². The Bertz CT molecular complexity index is 2260. The molecule has 0 N–H and O–H groups in total. The van der Waals surface area contributed by atoms with Gasteiger partial charge in [0.1, 0.15) is 12.4 Å². The Morgan fingerprint density at radius 3 is 2.18 bits per heavy atom. The average Bonchev–Trinajstić information content (AvgIpc) is 3.42. The van der Waals surface area contributed by atoms with E-state index in [0.29, 0.717) is 50.1 Å². The number of esters is 2. The van der Waals surface area contributed by atoms with Gasteiger partial charge >= 0.3 is 11.9 Å². The first-order valence-corrected chi connectivity index (χ1v) is 19.0. The first-order chi connectivity index (χ1) is 24.2. The molecule has 5 aromatic rings. The Morgan fingerprint density at radius 2 is 1.54 bits per heavy atom.